The average Bonchev–Trinajstić information content (AvgIpc) is 3.84. The van der Waals surface area contributed by atoms with Gasteiger partial charge in [0.1, 0.15) is 16.7 Å². The van der Waals surface area contributed by atoms with Crippen LogP contribution in [-0.4, -0.2) is 0 Å². The Balaban J connectivity index is 1.08. The Labute approximate surface area is 317 Å². The van der Waals surface area contributed by atoms with E-state index in [1.807, 2.05) is 18.2 Å². The van der Waals surface area contributed by atoms with Gasteiger partial charge in [-0.3, -0.25) is 0 Å². The predicted molar refractivity (Wildman–Crippen MR) is 229 cm³/mol. The van der Waals surface area contributed by atoms with Gasteiger partial charge < -0.3 is 13.7 Å². The Kier molecular flexibility index (Phi) is 7.17. The third kappa shape index (κ3) is 5.13. The lowest BCUT2D eigenvalue weighted by Gasteiger charge is -2.26. The lowest BCUT2D eigenvalue weighted by molar-refractivity contribution is 0.669. The first-order chi connectivity index (χ1) is 27.3. The van der Waals surface area contributed by atoms with E-state index in [0.29, 0.717) is 0 Å². The SMILES string of the molecule is c1ccc(-c2ccccc2-c2ccc(N(c3ccc(-c4cccc5oc6ccccc6c45)cc3)c3cccc4c3oc3c5ccccc5ccc43)cc2)cc1. The summed E-state index contributed by atoms with van der Waals surface area (Å²) in [5.41, 5.74) is 13.6. The summed E-state index contributed by atoms with van der Waals surface area (Å²) in [4.78, 5) is 2.32. The molecule has 3 heteroatoms. The first-order valence-corrected chi connectivity index (χ1v) is 18.7. The van der Waals surface area contributed by atoms with Crippen molar-refractivity contribution in [1.29, 1.82) is 0 Å². The van der Waals surface area contributed by atoms with Crippen LogP contribution in [0.4, 0.5) is 17.1 Å². The van der Waals surface area contributed by atoms with E-state index in [1.54, 1.807) is 0 Å². The van der Waals surface area contributed by atoms with Crippen LogP contribution in [0.1, 0.15) is 0 Å². The van der Waals surface area contributed by atoms with Crippen molar-refractivity contribution in [2.45, 2.75) is 0 Å². The molecule has 0 spiro atoms. The van der Waals surface area contributed by atoms with Gasteiger partial charge in [0.25, 0.3) is 0 Å². The zero-order chi connectivity index (χ0) is 36.3. The van der Waals surface area contributed by atoms with E-state index in [-0.39, 0.29) is 0 Å². The fourth-order valence-electron chi connectivity index (χ4n) is 8.31. The Morgan fingerprint density at radius 1 is 0.309 bits per heavy atom. The third-order valence-corrected chi connectivity index (χ3v) is 10.9. The molecule has 0 fully saturated rings. The molecule has 0 N–H and O–H groups in total. The van der Waals surface area contributed by atoms with Crippen molar-refractivity contribution in [3.8, 4) is 33.4 Å². The predicted octanol–water partition coefficient (Wildman–Crippen LogP) is 15.1. The molecular formula is C52H33NO2. The van der Waals surface area contributed by atoms with Crippen molar-refractivity contribution in [2.75, 3.05) is 4.90 Å². The van der Waals surface area contributed by atoms with Crippen molar-refractivity contribution in [2.24, 2.45) is 0 Å². The minimum absolute atomic E-state index is 0.853. The van der Waals surface area contributed by atoms with Gasteiger partial charge in [-0.25, -0.2) is 0 Å². The van der Waals surface area contributed by atoms with Gasteiger partial charge in [0.05, 0.1) is 5.69 Å². The number of anilines is 3. The molecule has 0 saturated heterocycles. The first-order valence-electron chi connectivity index (χ1n) is 18.7. The smallest absolute Gasteiger partial charge is 0.159 e. The Morgan fingerprint density at radius 2 is 0.855 bits per heavy atom. The molecule has 55 heavy (non-hydrogen) atoms. The number of fused-ring (bicyclic) bond motifs is 8. The Morgan fingerprint density at radius 3 is 1.62 bits per heavy atom. The largest absolute Gasteiger partial charge is 0.456 e. The molecule has 9 aromatic carbocycles. The van der Waals surface area contributed by atoms with Gasteiger partial charge in [0.15, 0.2) is 5.58 Å². The van der Waals surface area contributed by atoms with Crippen molar-refractivity contribution in [3.63, 3.8) is 0 Å². The van der Waals surface area contributed by atoms with Gasteiger partial charge in [-0.1, -0.05) is 152 Å². The van der Waals surface area contributed by atoms with E-state index in [0.717, 1.165) is 88.4 Å². The summed E-state index contributed by atoms with van der Waals surface area (Å²) in [5.74, 6) is 0. The van der Waals surface area contributed by atoms with Crippen LogP contribution in [0.3, 0.4) is 0 Å². The van der Waals surface area contributed by atoms with Crippen molar-refractivity contribution < 1.29 is 8.83 Å². The van der Waals surface area contributed by atoms with Gasteiger partial charge >= 0.3 is 0 Å². The molecule has 0 aliphatic heterocycles. The molecule has 0 aliphatic carbocycles. The topological polar surface area (TPSA) is 29.5 Å². The second-order valence-corrected chi connectivity index (χ2v) is 14.0. The van der Waals surface area contributed by atoms with E-state index < -0.39 is 0 Å². The molecule has 2 heterocycles. The van der Waals surface area contributed by atoms with Gasteiger partial charge in [0, 0.05) is 38.3 Å². The molecule has 11 aromatic rings. The number of nitrogens with zero attached hydrogens (tertiary/aromatic N) is 1. The van der Waals surface area contributed by atoms with Gasteiger partial charge in [-0.2, -0.15) is 0 Å². The summed E-state index contributed by atoms with van der Waals surface area (Å²) in [6, 6.07) is 70.8. The molecule has 11 rings (SSSR count). The molecule has 0 amide bonds. The Bertz CT molecular complexity index is 3190. The summed E-state index contributed by atoms with van der Waals surface area (Å²) in [7, 11) is 0. The average molecular weight is 704 g/mol. The van der Waals surface area contributed by atoms with Crippen LogP contribution < -0.4 is 4.90 Å². The van der Waals surface area contributed by atoms with Gasteiger partial charge in [0.2, 0.25) is 0 Å². The number of benzene rings is 9. The van der Waals surface area contributed by atoms with Crippen LogP contribution >= 0.6 is 0 Å². The van der Waals surface area contributed by atoms with E-state index in [9.17, 15) is 0 Å². The third-order valence-electron chi connectivity index (χ3n) is 10.9. The number of furan rings is 2. The molecule has 258 valence electrons. The monoisotopic (exact) mass is 703 g/mol. The van der Waals surface area contributed by atoms with Gasteiger partial charge in [-0.15, -0.1) is 0 Å². The van der Waals surface area contributed by atoms with Crippen LogP contribution in [0.15, 0.2) is 209 Å². The fourth-order valence-corrected chi connectivity index (χ4v) is 8.31. The van der Waals surface area contributed by atoms with Crippen molar-refractivity contribution in [3.05, 3.63) is 200 Å². The molecule has 0 atom stereocenters. The van der Waals surface area contributed by atoms with Gasteiger partial charge in [-0.05, 0) is 87.3 Å². The molecule has 0 bridgehead atoms. The highest BCUT2D eigenvalue weighted by molar-refractivity contribution is 6.17. The van der Waals surface area contributed by atoms with Crippen molar-refractivity contribution >= 4 is 71.7 Å². The zero-order valence-electron chi connectivity index (χ0n) is 29.8. The van der Waals surface area contributed by atoms with Crippen LogP contribution in [-0.2, 0) is 0 Å². The van der Waals surface area contributed by atoms with Crippen molar-refractivity contribution in [1.82, 2.24) is 0 Å². The highest BCUT2D eigenvalue weighted by Gasteiger charge is 2.21. The fraction of sp³-hybridized carbons (Fsp3) is 0. The molecule has 0 saturated carbocycles. The van der Waals surface area contributed by atoms with Crippen LogP contribution in [0.5, 0.6) is 0 Å². The summed E-state index contributed by atoms with van der Waals surface area (Å²) in [5, 5.41) is 6.73. The maximum absolute atomic E-state index is 6.90. The number of hydrogen-bond acceptors (Lipinski definition) is 3. The van der Waals surface area contributed by atoms with E-state index in [2.05, 4.69) is 187 Å². The van der Waals surface area contributed by atoms with Crippen LogP contribution in [0, 0.1) is 0 Å². The van der Waals surface area contributed by atoms with E-state index >= 15 is 0 Å². The summed E-state index contributed by atoms with van der Waals surface area (Å²) >= 11 is 0. The standard InChI is InChI=1S/C52H33NO2/c1-2-12-34(13-3-1)40-15-6-7-16-41(40)36-24-29-38(30-25-36)53(47-21-10-20-44-45-33-28-35-14-4-5-17-43(35)51(45)55-52(44)47)39-31-26-37(27-32-39)42-19-11-23-49-50(42)46-18-8-9-22-48(46)54-49/h1-33H. The lowest BCUT2D eigenvalue weighted by atomic mass is 9.94. The lowest BCUT2D eigenvalue weighted by Crippen LogP contribution is -2.10. The normalized spacial score (nSPS) is 11.6. The minimum Gasteiger partial charge on any atom is -0.456 e. The van der Waals surface area contributed by atoms with Crippen LogP contribution in [0.2, 0.25) is 0 Å². The number of hydrogen-bond donors (Lipinski definition) is 0. The highest BCUT2D eigenvalue weighted by Crippen LogP contribution is 2.45. The first kappa shape index (κ1) is 31.2. The molecular weight excluding hydrogens is 671 g/mol. The summed E-state index contributed by atoms with van der Waals surface area (Å²) in [6.07, 6.45) is 0. The quantitative estimate of drug-likeness (QED) is 0.173. The number of rotatable bonds is 6. The molecule has 0 radical (unpaired) electrons. The highest BCUT2D eigenvalue weighted by atomic mass is 16.3. The maximum atomic E-state index is 6.90. The maximum Gasteiger partial charge on any atom is 0.159 e. The zero-order valence-corrected chi connectivity index (χ0v) is 29.8. The molecule has 2 aromatic heterocycles. The summed E-state index contributed by atoms with van der Waals surface area (Å²) in [6.45, 7) is 0. The summed E-state index contributed by atoms with van der Waals surface area (Å²) < 4.78 is 13.1. The molecule has 0 unspecified atom stereocenters. The molecule has 3 nitrogen and oxygen atoms in total. The molecule has 0 aliphatic rings. The second-order valence-electron chi connectivity index (χ2n) is 14.0. The number of para-hydroxylation sites is 2. The second kappa shape index (κ2) is 12.6. The Hall–Kier alpha value is -7.36. The van der Waals surface area contributed by atoms with E-state index in [1.165, 1.54) is 16.7 Å². The van der Waals surface area contributed by atoms with E-state index in [4.69, 9.17) is 8.83 Å². The minimum atomic E-state index is 0.853. The van der Waals surface area contributed by atoms with Crippen LogP contribution in [0.25, 0.3) is 88.0 Å².